The zero-order valence-electron chi connectivity index (χ0n) is 16.0. The molecule has 0 spiro atoms. The Morgan fingerprint density at radius 2 is 1.93 bits per heavy atom. The summed E-state index contributed by atoms with van der Waals surface area (Å²) in [6.07, 6.45) is 0. The minimum Gasteiger partial charge on any atom is -0.341 e. The molecule has 3 aromatic carbocycles. The van der Waals surface area contributed by atoms with Gasteiger partial charge in [0.1, 0.15) is 5.82 Å². The highest BCUT2D eigenvalue weighted by Gasteiger charge is 2.33. The fourth-order valence-electron chi connectivity index (χ4n) is 3.97. The largest absolute Gasteiger partial charge is 0.341 e. The van der Waals surface area contributed by atoms with E-state index in [9.17, 15) is 14.0 Å². The van der Waals surface area contributed by atoms with E-state index in [1.54, 1.807) is 29.6 Å². The van der Waals surface area contributed by atoms with Crippen molar-refractivity contribution in [3.8, 4) is 0 Å². The Bertz CT molecular complexity index is 1330. The summed E-state index contributed by atoms with van der Waals surface area (Å²) in [6, 6.07) is 17.2. The van der Waals surface area contributed by atoms with Gasteiger partial charge in [0.25, 0.3) is 11.8 Å². The number of thiophene rings is 1. The topological polar surface area (TPSA) is 58.2 Å². The Morgan fingerprint density at radius 1 is 1.10 bits per heavy atom. The SMILES string of the molecule is Cc1ccccc1C1NC(=O)c2cccc(NC(=O)c3csc4ccc(F)cc34)c21. The molecule has 1 atom stereocenters. The van der Waals surface area contributed by atoms with Crippen LogP contribution in [0.4, 0.5) is 10.1 Å². The first kappa shape index (κ1) is 18.5. The summed E-state index contributed by atoms with van der Waals surface area (Å²) < 4.78 is 14.6. The highest BCUT2D eigenvalue weighted by molar-refractivity contribution is 7.17. The van der Waals surface area contributed by atoms with Crippen LogP contribution in [0.15, 0.2) is 66.0 Å². The summed E-state index contributed by atoms with van der Waals surface area (Å²) in [6.45, 7) is 1.99. The van der Waals surface area contributed by atoms with E-state index in [1.165, 1.54) is 23.5 Å². The zero-order valence-corrected chi connectivity index (χ0v) is 16.8. The molecule has 5 rings (SSSR count). The number of amides is 2. The van der Waals surface area contributed by atoms with E-state index in [0.29, 0.717) is 22.2 Å². The van der Waals surface area contributed by atoms with Crippen molar-refractivity contribution >= 4 is 38.9 Å². The normalized spacial score (nSPS) is 15.1. The van der Waals surface area contributed by atoms with Crippen LogP contribution >= 0.6 is 11.3 Å². The fraction of sp³-hybridized carbons (Fsp3) is 0.0833. The number of hydrogen-bond donors (Lipinski definition) is 2. The summed E-state index contributed by atoms with van der Waals surface area (Å²) in [4.78, 5) is 25.6. The molecule has 1 aromatic heterocycles. The van der Waals surface area contributed by atoms with Gasteiger partial charge in [-0.15, -0.1) is 11.3 Å². The average molecular weight is 416 g/mol. The van der Waals surface area contributed by atoms with Crippen LogP contribution in [0, 0.1) is 12.7 Å². The number of aryl methyl sites for hydroxylation is 1. The van der Waals surface area contributed by atoms with Crippen LogP contribution in [0.3, 0.4) is 0 Å². The van der Waals surface area contributed by atoms with Crippen LogP contribution in [0.25, 0.3) is 10.1 Å². The highest BCUT2D eigenvalue weighted by Crippen LogP contribution is 2.38. The molecule has 2 N–H and O–H groups in total. The van der Waals surface area contributed by atoms with Crippen LogP contribution in [-0.2, 0) is 0 Å². The lowest BCUT2D eigenvalue weighted by Crippen LogP contribution is -2.21. The third-order valence-corrected chi connectivity index (χ3v) is 6.41. The average Bonchev–Trinajstić information content (AvgIpc) is 3.30. The predicted octanol–water partition coefficient (Wildman–Crippen LogP) is 5.43. The van der Waals surface area contributed by atoms with Crippen molar-refractivity contribution in [3.05, 3.63) is 99.7 Å². The van der Waals surface area contributed by atoms with Gasteiger partial charge in [-0.2, -0.15) is 0 Å². The van der Waals surface area contributed by atoms with Gasteiger partial charge in [-0.25, -0.2) is 4.39 Å². The maximum absolute atomic E-state index is 13.7. The van der Waals surface area contributed by atoms with Crippen molar-refractivity contribution in [2.75, 3.05) is 5.32 Å². The molecular formula is C24H17FN2O2S. The Hall–Kier alpha value is -3.51. The second kappa shape index (κ2) is 7.07. The van der Waals surface area contributed by atoms with Crippen LogP contribution in [-0.4, -0.2) is 11.8 Å². The van der Waals surface area contributed by atoms with Crippen LogP contribution in [0.1, 0.15) is 43.4 Å². The summed E-state index contributed by atoms with van der Waals surface area (Å²) in [5.74, 6) is -0.884. The number of fused-ring (bicyclic) bond motifs is 2. The van der Waals surface area contributed by atoms with Crippen molar-refractivity contribution < 1.29 is 14.0 Å². The first-order valence-corrected chi connectivity index (χ1v) is 10.4. The molecule has 0 fully saturated rings. The molecule has 1 aliphatic heterocycles. The van der Waals surface area contributed by atoms with Gasteiger partial charge >= 0.3 is 0 Å². The van der Waals surface area contributed by atoms with Crippen molar-refractivity contribution in [3.63, 3.8) is 0 Å². The van der Waals surface area contributed by atoms with Crippen LogP contribution in [0.5, 0.6) is 0 Å². The highest BCUT2D eigenvalue weighted by atomic mass is 32.1. The van der Waals surface area contributed by atoms with Gasteiger partial charge in [-0.1, -0.05) is 30.3 Å². The second-order valence-corrected chi connectivity index (χ2v) is 8.19. The Morgan fingerprint density at radius 3 is 2.77 bits per heavy atom. The van der Waals surface area contributed by atoms with Gasteiger partial charge in [0.2, 0.25) is 0 Å². The van der Waals surface area contributed by atoms with E-state index in [1.807, 2.05) is 31.2 Å². The molecule has 2 amide bonds. The standard InChI is InChI=1S/C24H17FN2O2S/c1-13-5-2-3-6-15(13)22-21-16(23(28)27-22)7-4-8-19(21)26-24(29)18-12-30-20-10-9-14(25)11-17(18)20/h2-12,22H,1H3,(H,26,29)(H,27,28). The molecular weight excluding hydrogens is 399 g/mol. The van der Waals surface area contributed by atoms with Crippen molar-refractivity contribution in [2.24, 2.45) is 0 Å². The number of halogens is 1. The van der Waals surface area contributed by atoms with Crippen molar-refractivity contribution in [2.45, 2.75) is 13.0 Å². The molecule has 4 aromatic rings. The first-order valence-electron chi connectivity index (χ1n) is 9.50. The number of anilines is 1. The van der Waals surface area contributed by atoms with E-state index in [2.05, 4.69) is 10.6 Å². The molecule has 0 radical (unpaired) electrons. The molecule has 0 bridgehead atoms. The number of carbonyl (C=O) groups is 2. The summed E-state index contributed by atoms with van der Waals surface area (Å²) in [5, 5.41) is 8.28. The van der Waals surface area contributed by atoms with Crippen LogP contribution < -0.4 is 10.6 Å². The third kappa shape index (κ3) is 2.97. The number of hydrogen-bond acceptors (Lipinski definition) is 3. The van der Waals surface area contributed by atoms with E-state index < -0.39 is 0 Å². The molecule has 148 valence electrons. The molecule has 1 unspecified atom stereocenters. The molecule has 6 heteroatoms. The fourth-order valence-corrected chi connectivity index (χ4v) is 4.90. The van der Waals surface area contributed by atoms with E-state index >= 15 is 0 Å². The van der Waals surface area contributed by atoms with Gasteiger partial charge in [-0.3, -0.25) is 9.59 Å². The summed E-state index contributed by atoms with van der Waals surface area (Å²) >= 11 is 1.39. The minimum absolute atomic E-state index is 0.169. The molecule has 4 nitrogen and oxygen atoms in total. The number of nitrogens with one attached hydrogen (secondary N) is 2. The Labute approximate surface area is 176 Å². The Balaban J connectivity index is 1.57. The van der Waals surface area contributed by atoms with E-state index in [0.717, 1.165) is 21.4 Å². The molecule has 0 saturated heterocycles. The van der Waals surface area contributed by atoms with E-state index in [-0.39, 0.29) is 23.7 Å². The number of benzene rings is 3. The monoisotopic (exact) mass is 416 g/mol. The quantitative estimate of drug-likeness (QED) is 0.468. The van der Waals surface area contributed by atoms with E-state index in [4.69, 9.17) is 0 Å². The third-order valence-electron chi connectivity index (χ3n) is 5.44. The van der Waals surface area contributed by atoms with Gasteiger partial charge in [0, 0.05) is 32.3 Å². The van der Waals surface area contributed by atoms with Crippen LogP contribution in [0.2, 0.25) is 0 Å². The molecule has 2 heterocycles. The van der Waals surface area contributed by atoms with Gasteiger partial charge in [0.15, 0.2) is 0 Å². The maximum atomic E-state index is 13.7. The lowest BCUT2D eigenvalue weighted by molar-refractivity contribution is 0.0959. The second-order valence-electron chi connectivity index (χ2n) is 7.27. The molecule has 0 aliphatic carbocycles. The molecule has 0 saturated carbocycles. The van der Waals surface area contributed by atoms with Gasteiger partial charge in [0.05, 0.1) is 11.6 Å². The minimum atomic E-state index is -0.384. The van der Waals surface area contributed by atoms with Crippen molar-refractivity contribution in [1.29, 1.82) is 0 Å². The summed E-state index contributed by atoms with van der Waals surface area (Å²) in [5.41, 5.74) is 4.31. The molecule has 30 heavy (non-hydrogen) atoms. The smallest absolute Gasteiger partial charge is 0.257 e. The Kier molecular flexibility index (Phi) is 4.37. The summed E-state index contributed by atoms with van der Waals surface area (Å²) in [7, 11) is 0. The zero-order chi connectivity index (χ0) is 20.8. The molecule has 1 aliphatic rings. The number of rotatable bonds is 3. The van der Waals surface area contributed by atoms with Gasteiger partial charge < -0.3 is 10.6 Å². The number of carbonyl (C=O) groups excluding carboxylic acids is 2. The lowest BCUT2D eigenvalue weighted by Gasteiger charge is -2.18. The first-order chi connectivity index (χ1) is 14.5. The van der Waals surface area contributed by atoms with Crippen molar-refractivity contribution in [1.82, 2.24) is 5.32 Å². The maximum Gasteiger partial charge on any atom is 0.257 e. The lowest BCUT2D eigenvalue weighted by atomic mass is 9.93. The van der Waals surface area contributed by atoms with Gasteiger partial charge in [-0.05, 0) is 48.4 Å². The predicted molar refractivity (Wildman–Crippen MR) is 117 cm³/mol.